The van der Waals surface area contributed by atoms with Gasteiger partial charge in [0, 0.05) is 11.4 Å². The number of benzene rings is 1. The zero-order chi connectivity index (χ0) is 9.84. The van der Waals surface area contributed by atoms with Crippen LogP contribution in [0.25, 0.3) is 0 Å². The number of carbonyl (C=O) groups is 2. The summed E-state index contributed by atoms with van der Waals surface area (Å²) in [7, 11) is 0. The van der Waals surface area contributed by atoms with Crippen LogP contribution >= 0.6 is 11.6 Å². The van der Waals surface area contributed by atoms with Crippen LogP contribution in [-0.4, -0.2) is 11.8 Å². The van der Waals surface area contributed by atoms with Crippen LogP contribution in [-0.2, 0) is 16.0 Å². The summed E-state index contributed by atoms with van der Waals surface area (Å²) in [6, 6.07) is 6.39. The topological polar surface area (TPSA) is 57.2 Å². The largest absolute Gasteiger partial charge is 0.542 e. The summed E-state index contributed by atoms with van der Waals surface area (Å²) in [6.45, 7) is 0. The zero-order valence-corrected chi connectivity index (χ0v) is 7.38. The van der Waals surface area contributed by atoms with Crippen LogP contribution in [0, 0.1) is 0 Å². The van der Waals surface area contributed by atoms with Gasteiger partial charge in [0.25, 0.3) is 0 Å². The van der Waals surface area contributed by atoms with Gasteiger partial charge >= 0.3 is 0 Å². The van der Waals surface area contributed by atoms with Crippen LogP contribution in [0.2, 0.25) is 5.02 Å². The Bertz CT molecular complexity index is 329. The van der Waals surface area contributed by atoms with Gasteiger partial charge in [-0.25, -0.2) is 0 Å². The molecular weight excluding hydrogens is 192 g/mol. The van der Waals surface area contributed by atoms with Crippen molar-refractivity contribution in [3.63, 3.8) is 0 Å². The van der Waals surface area contributed by atoms with Gasteiger partial charge in [0.1, 0.15) is 5.97 Å². The van der Waals surface area contributed by atoms with Crippen LogP contribution < -0.4 is 5.11 Å². The summed E-state index contributed by atoms with van der Waals surface area (Å²) in [5.74, 6) is -2.59. The van der Waals surface area contributed by atoms with E-state index in [4.69, 9.17) is 11.6 Å². The highest BCUT2D eigenvalue weighted by Crippen LogP contribution is 2.09. The smallest absolute Gasteiger partial charge is 0.182 e. The van der Waals surface area contributed by atoms with Crippen LogP contribution in [0.1, 0.15) is 5.56 Å². The molecule has 0 aliphatic rings. The third-order valence-corrected chi connectivity index (χ3v) is 1.76. The molecule has 0 aliphatic heterocycles. The molecule has 0 N–H and O–H groups in total. The van der Waals surface area contributed by atoms with Crippen molar-refractivity contribution >= 4 is 23.4 Å². The van der Waals surface area contributed by atoms with Crippen molar-refractivity contribution in [1.82, 2.24) is 0 Å². The van der Waals surface area contributed by atoms with Crippen molar-refractivity contribution in [3.8, 4) is 0 Å². The summed E-state index contributed by atoms with van der Waals surface area (Å²) < 4.78 is 0. The first-order chi connectivity index (χ1) is 6.09. The Kier molecular flexibility index (Phi) is 3.03. The molecule has 0 atom stereocenters. The fourth-order valence-electron chi connectivity index (χ4n) is 0.860. The molecule has 0 saturated carbocycles. The maximum absolute atomic E-state index is 10.7. The number of carbonyl (C=O) groups excluding carboxylic acids is 2. The molecule has 68 valence electrons. The fourth-order valence-corrected chi connectivity index (χ4v) is 0.986. The molecule has 1 rings (SSSR count). The predicted molar refractivity (Wildman–Crippen MR) is 45.2 cm³/mol. The van der Waals surface area contributed by atoms with Crippen molar-refractivity contribution in [2.75, 3.05) is 0 Å². The number of hydrogen-bond acceptors (Lipinski definition) is 3. The van der Waals surface area contributed by atoms with E-state index in [2.05, 4.69) is 0 Å². The van der Waals surface area contributed by atoms with E-state index in [1.807, 2.05) is 0 Å². The van der Waals surface area contributed by atoms with Gasteiger partial charge in [-0.1, -0.05) is 23.7 Å². The third-order valence-electron chi connectivity index (χ3n) is 1.51. The lowest BCUT2D eigenvalue weighted by Gasteiger charge is -2.01. The van der Waals surface area contributed by atoms with Crippen molar-refractivity contribution in [1.29, 1.82) is 0 Å². The first kappa shape index (κ1) is 9.74. The maximum Gasteiger partial charge on any atom is 0.182 e. The second-order valence-corrected chi connectivity index (χ2v) is 2.95. The Balaban J connectivity index is 2.70. The fraction of sp³-hybridized carbons (Fsp3) is 0.111. The van der Waals surface area contributed by atoms with Gasteiger partial charge in [0.05, 0.1) is 0 Å². The average Bonchev–Trinajstić information content (AvgIpc) is 2.08. The van der Waals surface area contributed by atoms with E-state index in [0.29, 0.717) is 10.6 Å². The van der Waals surface area contributed by atoms with E-state index in [-0.39, 0.29) is 6.42 Å². The van der Waals surface area contributed by atoms with E-state index >= 15 is 0 Å². The standard InChI is InChI=1S/C9H7ClO3/c10-7-3-1-6(2-4-7)5-8(11)9(12)13/h1-4H,5H2,(H,12,13)/p-1. The lowest BCUT2D eigenvalue weighted by atomic mass is 10.1. The summed E-state index contributed by atoms with van der Waals surface area (Å²) >= 11 is 5.60. The van der Waals surface area contributed by atoms with Gasteiger partial charge in [-0.15, -0.1) is 0 Å². The maximum atomic E-state index is 10.7. The van der Waals surface area contributed by atoms with E-state index in [9.17, 15) is 14.7 Å². The first-order valence-corrected chi connectivity index (χ1v) is 3.96. The van der Waals surface area contributed by atoms with Crippen LogP contribution in [0.15, 0.2) is 24.3 Å². The summed E-state index contributed by atoms with van der Waals surface area (Å²) in [6.07, 6.45) is -0.153. The number of carboxylic acid groups (broad SMARTS) is 1. The highest BCUT2D eigenvalue weighted by molar-refractivity contribution is 6.32. The van der Waals surface area contributed by atoms with Gasteiger partial charge in [-0.05, 0) is 17.7 Å². The molecule has 0 aliphatic carbocycles. The molecule has 0 fully saturated rings. The van der Waals surface area contributed by atoms with Gasteiger partial charge < -0.3 is 9.90 Å². The van der Waals surface area contributed by atoms with Gasteiger partial charge in [0.2, 0.25) is 0 Å². The number of rotatable bonds is 3. The third kappa shape index (κ3) is 2.87. The number of Topliss-reactive ketones (excluding diaryl/α,β-unsaturated/α-hetero) is 1. The number of carboxylic acids is 1. The Hall–Kier alpha value is -1.35. The molecule has 13 heavy (non-hydrogen) atoms. The zero-order valence-electron chi connectivity index (χ0n) is 6.62. The second-order valence-electron chi connectivity index (χ2n) is 2.51. The van der Waals surface area contributed by atoms with E-state index in [0.717, 1.165) is 0 Å². The van der Waals surface area contributed by atoms with Crippen LogP contribution in [0.5, 0.6) is 0 Å². The molecular formula is C9H6ClO3-. The Labute approximate surface area is 79.9 Å². The molecule has 0 saturated heterocycles. The minimum absolute atomic E-state index is 0.153. The summed E-state index contributed by atoms with van der Waals surface area (Å²) in [5, 5.41) is 10.6. The summed E-state index contributed by atoms with van der Waals surface area (Å²) in [5.41, 5.74) is 0.610. The molecule has 1 aromatic rings. The monoisotopic (exact) mass is 197 g/mol. The van der Waals surface area contributed by atoms with Crippen molar-refractivity contribution in [2.45, 2.75) is 6.42 Å². The van der Waals surface area contributed by atoms with E-state index in [1.165, 1.54) is 0 Å². The van der Waals surface area contributed by atoms with E-state index < -0.39 is 11.8 Å². The minimum atomic E-state index is -1.66. The number of aliphatic carboxylic acids is 1. The molecule has 1 aromatic carbocycles. The Morgan fingerprint density at radius 3 is 2.23 bits per heavy atom. The molecule has 0 bridgehead atoms. The second kappa shape index (κ2) is 4.05. The number of halogens is 1. The highest BCUT2D eigenvalue weighted by Gasteiger charge is 2.03. The van der Waals surface area contributed by atoms with Crippen molar-refractivity contribution in [2.24, 2.45) is 0 Å². The molecule has 0 unspecified atom stereocenters. The minimum Gasteiger partial charge on any atom is -0.542 e. The SMILES string of the molecule is O=C([O-])C(=O)Cc1ccc(Cl)cc1. The van der Waals surface area contributed by atoms with Gasteiger partial charge in [-0.3, -0.25) is 4.79 Å². The lowest BCUT2D eigenvalue weighted by Crippen LogP contribution is -2.32. The molecule has 0 spiro atoms. The predicted octanol–water partition coefficient (Wildman–Crippen LogP) is 0.201. The lowest BCUT2D eigenvalue weighted by molar-refractivity contribution is -0.299. The van der Waals surface area contributed by atoms with Gasteiger partial charge in [0.15, 0.2) is 5.78 Å². The average molecular weight is 198 g/mol. The molecule has 3 nitrogen and oxygen atoms in total. The van der Waals surface area contributed by atoms with E-state index in [1.54, 1.807) is 24.3 Å². The molecule has 0 amide bonds. The quantitative estimate of drug-likeness (QED) is 0.651. The first-order valence-electron chi connectivity index (χ1n) is 3.58. The Morgan fingerprint density at radius 2 is 1.77 bits per heavy atom. The molecule has 0 radical (unpaired) electrons. The van der Waals surface area contributed by atoms with Crippen molar-refractivity contribution < 1.29 is 14.7 Å². The van der Waals surface area contributed by atoms with Crippen LogP contribution in [0.4, 0.5) is 0 Å². The van der Waals surface area contributed by atoms with Crippen LogP contribution in [0.3, 0.4) is 0 Å². The summed E-state index contributed by atoms with van der Waals surface area (Å²) in [4.78, 5) is 20.8. The van der Waals surface area contributed by atoms with Crippen molar-refractivity contribution in [3.05, 3.63) is 34.9 Å². The molecule has 4 heteroatoms. The number of ketones is 1. The normalized spacial score (nSPS) is 9.62. The highest BCUT2D eigenvalue weighted by atomic mass is 35.5. The van der Waals surface area contributed by atoms with Gasteiger partial charge in [-0.2, -0.15) is 0 Å². The molecule has 0 heterocycles. The molecule has 0 aromatic heterocycles. The Morgan fingerprint density at radius 1 is 1.23 bits per heavy atom. The number of hydrogen-bond donors (Lipinski definition) is 0.